The molecule has 4 rings (SSSR count). The lowest BCUT2D eigenvalue weighted by Gasteiger charge is -2.39. The van der Waals surface area contributed by atoms with Gasteiger partial charge in [-0.15, -0.1) is 0 Å². The third kappa shape index (κ3) is 5.52. The number of hydrogen-bond acceptors (Lipinski definition) is 6. The van der Waals surface area contributed by atoms with Crippen LogP contribution in [0.4, 0.5) is 10.1 Å². The van der Waals surface area contributed by atoms with Crippen molar-refractivity contribution in [3.63, 3.8) is 0 Å². The van der Waals surface area contributed by atoms with Crippen molar-refractivity contribution in [3.8, 4) is 17.2 Å². The molecule has 36 heavy (non-hydrogen) atoms. The summed E-state index contributed by atoms with van der Waals surface area (Å²) in [5, 5.41) is 3.70. The molecule has 1 aliphatic rings. The molecule has 0 saturated carbocycles. The van der Waals surface area contributed by atoms with Gasteiger partial charge in [0.05, 0.1) is 32.9 Å². The zero-order valence-electron chi connectivity index (χ0n) is 20.2. The van der Waals surface area contributed by atoms with Gasteiger partial charge in [0.1, 0.15) is 18.2 Å². The van der Waals surface area contributed by atoms with E-state index in [1.54, 1.807) is 50.6 Å². The van der Waals surface area contributed by atoms with Crippen molar-refractivity contribution in [3.05, 3.63) is 83.2 Å². The van der Waals surface area contributed by atoms with Gasteiger partial charge in [-0.25, -0.2) is 9.18 Å². The Bertz CT molecular complexity index is 1230. The third-order valence-electron chi connectivity index (χ3n) is 6.04. The molecule has 1 aliphatic heterocycles. The number of nitrogens with zero attached hydrogens (tertiary/aromatic N) is 1. The molecule has 0 amide bonds. The van der Waals surface area contributed by atoms with Crippen LogP contribution in [0.15, 0.2) is 60.7 Å². The average molecular weight is 511 g/mol. The largest absolute Gasteiger partial charge is 0.493 e. The molecule has 0 radical (unpaired) electrons. The Morgan fingerprint density at radius 3 is 2.33 bits per heavy atom. The molecule has 9 heteroatoms. The molecule has 0 bridgehead atoms. The number of esters is 1. The third-order valence-corrected chi connectivity index (χ3v) is 6.38. The second-order valence-corrected chi connectivity index (χ2v) is 8.52. The number of rotatable bonds is 7. The second kappa shape index (κ2) is 11.3. The summed E-state index contributed by atoms with van der Waals surface area (Å²) in [4.78, 5) is 13.8. The molecule has 3 aromatic carbocycles. The lowest BCUT2D eigenvalue weighted by Crippen LogP contribution is -2.44. The summed E-state index contributed by atoms with van der Waals surface area (Å²) in [5.74, 6) is 1.15. The molecular formula is C27H27FN2O5S. The predicted octanol–water partition coefficient (Wildman–Crippen LogP) is 5.00. The number of thiocarbonyl (C=S) groups is 1. The molecular weight excluding hydrogens is 483 g/mol. The molecule has 7 nitrogen and oxygen atoms in total. The molecule has 1 atom stereocenters. The zero-order valence-corrected chi connectivity index (χ0v) is 21.1. The highest BCUT2D eigenvalue weighted by Crippen LogP contribution is 2.38. The average Bonchev–Trinajstić information content (AvgIpc) is 2.91. The first-order chi connectivity index (χ1) is 17.4. The summed E-state index contributed by atoms with van der Waals surface area (Å²) in [7, 11) is 4.55. The summed E-state index contributed by atoms with van der Waals surface area (Å²) < 4.78 is 35.3. The molecule has 0 fully saturated rings. The van der Waals surface area contributed by atoms with Gasteiger partial charge in [0.25, 0.3) is 0 Å². The summed E-state index contributed by atoms with van der Waals surface area (Å²) in [6.07, 6.45) is 0.741. The van der Waals surface area contributed by atoms with Crippen LogP contribution in [0.1, 0.15) is 27.5 Å². The van der Waals surface area contributed by atoms with Crippen molar-refractivity contribution in [2.75, 3.05) is 39.8 Å². The van der Waals surface area contributed by atoms with E-state index in [1.165, 1.54) is 19.2 Å². The maximum Gasteiger partial charge on any atom is 0.337 e. The number of anilines is 1. The number of benzene rings is 3. The van der Waals surface area contributed by atoms with Crippen LogP contribution >= 0.6 is 12.2 Å². The molecule has 0 saturated heterocycles. The Morgan fingerprint density at radius 1 is 1.03 bits per heavy atom. The minimum atomic E-state index is -0.410. The zero-order chi connectivity index (χ0) is 25.7. The molecule has 0 spiro atoms. The van der Waals surface area contributed by atoms with Crippen LogP contribution in [0.3, 0.4) is 0 Å². The minimum absolute atomic E-state index is 0.241. The predicted molar refractivity (Wildman–Crippen MR) is 139 cm³/mol. The molecule has 3 aromatic rings. The van der Waals surface area contributed by atoms with Gasteiger partial charge in [0.2, 0.25) is 0 Å². The van der Waals surface area contributed by atoms with Gasteiger partial charge in [-0.3, -0.25) is 0 Å². The van der Waals surface area contributed by atoms with Gasteiger partial charge >= 0.3 is 5.97 Å². The first-order valence-electron chi connectivity index (χ1n) is 11.3. The Labute approximate surface area is 214 Å². The number of fused-ring (bicyclic) bond motifs is 1. The summed E-state index contributed by atoms with van der Waals surface area (Å²) >= 11 is 5.75. The van der Waals surface area contributed by atoms with Crippen LogP contribution in [0, 0.1) is 5.82 Å². The van der Waals surface area contributed by atoms with Gasteiger partial charge in [-0.1, -0.05) is 0 Å². The Kier molecular flexibility index (Phi) is 7.90. The van der Waals surface area contributed by atoms with Gasteiger partial charge in [-0.05, 0) is 90.4 Å². The molecule has 0 aliphatic carbocycles. The van der Waals surface area contributed by atoms with Crippen molar-refractivity contribution in [1.82, 2.24) is 4.90 Å². The maximum atomic E-state index is 13.4. The highest BCUT2D eigenvalue weighted by atomic mass is 32.1. The quantitative estimate of drug-likeness (QED) is 0.352. The van der Waals surface area contributed by atoms with E-state index in [-0.39, 0.29) is 18.5 Å². The van der Waals surface area contributed by atoms with Crippen molar-refractivity contribution in [2.45, 2.75) is 12.5 Å². The van der Waals surface area contributed by atoms with Crippen molar-refractivity contribution >= 4 is 29.0 Å². The fourth-order valence-corrected chi connectivity index (χ4v) is 4.50. The van der Waals surface area contributed by atoms with Crippen molar-refractivity contribution in [2.24, 2.45) is 0 Å². The molecule has 188 valence electrons. The van der Waals surface area contributed by atoms with Crippen LogP contribution in [0.2, 0.25) is 0 Å². The van der Waals surface area contributed by atoms with Crippen LogP contribution < -0.4 is 19.5 Å². The van der Waals surface area contributed by atoms with Crippen LogP contribution in [-0.4, -0.2) is 50.5 Å². The number of halogens is 1. The number of nitrogens with one attached hydrogen (secondary N) is 1. The summed E-state index contributed by atoms with van der Waals surface area (Å²) in [6.45, 7) is 0.927. The Morgan fingerprint density at radius 2 is 1.69 bits per heavy atom. The van der Waals surface area contributed by atoms with E-state index in [9.17, 15) is 9.18 Å². The van der Waals surface area contributed by atoms with Crippen LogP contribution in [0.25, 0.3) is 0 Å². The second-order valence-electron chi connectivity index (χ2n) is 8.13. The van der Waals surface area contributed by atoms with E-state index >= 15 is 0 Å². The van der Waals surface area contributed by atoms with Crippen LogP contribution in [-0.2, 0) is 11.2 Å². The van der Waals surface area contributed by atoms with E-state index in [0.29, 0.717) is 40.2 Å². The smallest absolute Gasteiger partial charge is 0.337 e. The number of hydrogen-bond donors (Lipinski definition) is 1. The standard InChI is InChI=1S/C27H27FN2O5S/c1-32-24-14-18-12-13-30(27(36)29-20-8-6-19(28)7-9-20)23(22(18)15-25(24)33-2)16-35-21-10-4-17(5-11-21)26(31)34-3/h4-11,14-15,23H,12-13,16H2,1-3H3,(H,29,36)/t23-/m0/s1. The summed E-state index contributed by atoms with van der Waals surface area (Å²) in [6, 6.07) is 16.5. The number of methoxy groups -OCH3 is 3. The SMILES string of the molecule is COC(=O)c1ccc(OC[C@H]2c3cc(OC)c(OC)cc3CCN2C(=S)Nc2ccc(F)cc2)cc1. The monoisotopic (exact) mass is 510 g/mol. The lowest BCUT2D eigenvalue weighted by molar-refractivity contribution is 0.0600. The topological polar surface area (TPSA) is 69.3 Å². The number of carbonyl (C=O) groups is 1. The maximum absolute atomic E-state index is 13.4. The first-order valence-corrected chi connectivity index (χ1v) is 11.7. The van der Waals surface area contributed by atoms with E-state index in [0.717, 1.165) is 17.5 Å². The molecule has 0 aromatic heterocycles. The molecule has 0 unspecified atom stereocenters. The fraction of sp³-hybridized carbons (Fsp3) is 0.259. The van der Waals surface area contributed by atoms with Gasteiger partial charge in [0.15, 0.2) is 16.6 Å². The summed E-state index contributed by atoms with van der Waals surface area (Å²) in [5.41, 5.74) is 3.25. The Balaban J connectivity index is 1.61. The van der Waals surface area contributed by atoms with E-state index < -0.39 is 5.97 Å². The highest BCUT2D eigenvalue weighted by molar-refractivity contribution is 7.80. The van der Waals surface area contributed by atoms with E-state index in [1.807, 2.05) is 12.1 Å². The first kappa shape index (κ1) is 25.2. The van der Waals surface area contributed by atoms with Crippen LogP contribution in [0.5, 0.6) is 17.2 Å². The van der Waals surface area contributed by atoms with E-state index in [2.05, 4.69) is 10.2 Å². The van der Waals surface area contributed by atoms with E-state index in [4.69, 9.17) is 31.2 Å². The van der Waals surface area contributed by atoms with Gasteiger partial charge < -0.3 is 29.2 Å². The lowest BCUT2D eigenvalue weighted by atomic mass is 9.92. The molecule has 1 N–H and O–H groups in total. The fourth-order valence-electron chi connectivity index (χ4n) is 4.16. The van der Waals surface area contributed by atoms with Gasteiger partial charge in [-0.2, -0.15) is 0 Å². The normalized spacial score (nSPS) is 14.4. The highest BCUT2D eigenvalue weighted by Gasteiger charge is 2.31. The minimum Gasteiger partial charge on any atom is -0.493 e. The van der Waals surface area contributed by atoms with Crippen molar-refractivity contribution in [1.29, 1.82) is 0 Å². The number of ether oxygens (including phenoxy) is 4. The van der Waals surface area contributed by atoms with Crippen molar-refractivity contribution < 1.29 is 28.1 Å². The van der Waals surface area contributed by atoms with Gasteiger partial charge in [0, 0.05) is 12.2 Å². The Hall–Kier alpha value is -3.85. The molecule has 1 heterocycles. The number of carbonyl (C=O) groups excluding carboxylic acids is 1.